The van der Waals surface area contributed by atoms with Crippen LogP contribution in [0.25, 0.3) is 0 Å². The second-order valence-corrected chi connectivity index (χ2v) is 1.69. The zero-order valence-electron chi connectivity index (χ0n) is 4.40. The third-order valence-electron chi connectivity index (χ3n) is 0.864. The Labute approximate surface area is 43.2 Å². The van der Waals surface area contributed by atoms with Gasteiger partial charge in [0.2, 0.25) is 0 Å². The van der Waals surface area contributed by atoms with Crippen LogP contribution in [0.4, 0.5) is 0 Å². The Balaban J connectivity index is 2.40. The quantitative estimate of drug-likeness (QED) is 0.476. The van der Waals surface area contributed by atoms with Crippen LogP contribution < -0.4 is 5.32 Å². The monoisotopic (exact) mass is 99.1 g/mol. The molecule has 1 N–H and O–H groups in total. The molecule has 0 radical (unpaired) electrons. The second-order valence-electron chi connectivity index (χ2n) is 1.69. The molecule has 0 unspecified atom stereocenters. The fourth-order valence-electron chi connectivity index (χ4n) is 0.529. The van der Waals surface area contributed by atoms with Crippen molar-refractivity contribution in [2.24, 2.45) is 0 Å². The summed E-state index contributed by atoms with van der Waals surface area (Å²) >= 11 is 0. The first-order valence-electron chi connectivity index (χ1n) is 2.36. The first-order valence-corrected chi connectivity index (χ1v) is 2.36. The van der Waals surface area contributed by atoms with E-state index < -0.39 is 0 Å². The fraction of sp³-hybridized carbons (Fsp3) is 0.600. The van der Waals surface area contributed by atoms with Crippen LogP contribution in [-0.4, -0.2) is 13.3 Å². The van der Waals surface area contributed by atoms with Crippen LogP contribution in [0, 0.1) is 0 Å². The van der Waals surface area contributed by atoms with E-state index in [1.807, 2.05) is 13.1 Å². The summed E-state index contributed by atoms with van der Waals surface area (Å²) < 4.78 is 5.00. The van der Waals surface area contributed by atoms with E-state index >= 15 is 0 Å². The van der Waals surface area contributed by atoms with Gasteiger partial charge in [-0.3, -0.25) is 0 Å². The lowest BCUT2D eigenvalue weighted by molar-refractivity contribution is 0.134. The highest BCUT2D eigenvalue weighted by Crippen LogP contribution is 1.93. The van der Waals surface area contributed by atoms with E-state index in [9.17, 15) is 0 Å². The van der Waals surface area contributed by atoms with E-state index in [4.69, 9.17) is 4.74 Å². The van der Waals surface area contributed by atoms with Gasteiger partial charge in [0.15, 0.2) is 0 Å². The predicted molar refractivity (Wildman–Crippen MR) is 27.7 cm³/mol. The highest BCUT2D eigenvalue weighted by molar-refractivity contribution is 4.97. The summed E-state index contributed by atoms with van der Waals surface area (Å²) in [5.41, 5.74) is 1.26. The average molecular weight is 99.1 g/mol. The van der Waals surface area contributed by atoms with Gasteiger partial charge in [0.05, 0.1) is 6.61 Å². The van der Waals surface area contributed by atoms with Gasteiger partial charge >= 0.3 is 0 Å². The molecule has 1 rings (SSSR count). The number of hydrogen-bond acceptors (Lipinski definition) is 2. The molecule has 0 spiro atoms. The molecule has 7 heavy (non-hydrogen) atoms. The van der Waals surface area contributed by atoms with Gasteiger partial charge in [-0.2, -0.15) is 0 Å². The molecule has 0 aromatic carbocycles. The van der Waals surface area contributed by atoms with Crippen molar-refractivity contribution < 1.29 is 4.74 Å². The fourth-order valence-corrected chi connectivity index (χ4v) is 0.529. The van der Waals surface area contributed by atoms with E-state index in [0.717, 1.165) is 6.61 Å². The summed E-state index contributed by atoms with van der Waals surface area (Å²) in [6.45, 7) is 3.48. The maximum absolute atomic E-state index is 5.00. The smallest absolute Gasteiger partial charge is 0.116 e. The molecule has 40 valence electrons. The molecule has 0 fully saturated rings. The normalized spacial score (nSPS) is 20.4. The van der Waals surface area contributed by atoms with E-state index in [0.29, 0.717) is 6.73 Å². The molecule has 0 saturated heterocycles. The van der Waals surface area contributed by atoms with Crippen molar-refractivity contribution in [2.45, 2.75) is 6.92 Å². The Hall–Kier alpha value is -0.500. The van der Waals surface area contributed by atoms with E-state index in [2.05, 4.69) is 5.32 Å². The molecule has 2 nitrogen and oxygen atoms in total. The SMILES string of the molecule is CC1=CNCOC1. The van der Waals surface area contributed by atoms with E-state index in [1.54, 1.807) is 0 Å². The second kappa shape index (κ2) is 1.98. The van der Waals surface area contributed by atoms with Crippen molar-refractivity contribution in [3.05, 3.63) is 11.8 Å². The zero-order chi connectivity index (χ0) is 5.11. The molecular formula is C5H9NO. The summed E-state index contributed by atoms with van der Waals surface area (Å²) in [4.78, 5) is 0. The van der Waals surface area contributed by atoms with Crippen molar-refractivity contribution in [2.75, 3.05) is 13.3 Å². The first-order chi connectivity index (χ1) is 3.39. The Morgan fingerprint density at radius 1 is 1.86 bits per heavy atom. The molecule has 0 amide bonds. The zero-order valence-corrected chi connectivity index (χ0v) is 4.40. The Kier molecular flexibility index (Phi) is 1.32. The molecule has 1 aliphatic rings. The molecule has 0 aromatic heterocycles. The minimum atomic E-state index is 0.664. The van der Waals surface area contributed by atoms with Crippen LogP contribution in [0.2, 0.25) is 0 Å². The summed E-state index contributed by atoms with van der Waals surface area (Å²) in [5, 5.41) is 2.95. The standard InChI is InChI=1S/C5H9NO/c1-5-2-6-4-7-3-5/h2,6H,3-4H2,1H3. The lowest BCUT2D eigenvalue weighted by Gasteiger charge is -2.10. The summed E-state index contributed by atoms with van der Waals surface area (Å²) in [5.74, 6) is 0. The molecule has 0 saturated carbocycles. The van der Waals surface area contributed by atoms with Gasteiger partial charge in [0.25, 0.3) is 0 Å². The topological polar surface area (TPSA) is 21.3 Å². The van der Waals surface area contributed by atoms with Crippen molar-refractivity contribution in [1.82, 2.24) is 5.32 Å². The van der Waals surface area contributed by atoms with Crippen molar-refractivity contribution in [1.29, 1.82) is 0 Å². The lowest BCUT2D eigenvalue weighted by atomic mass is 10.3. The predicted octanol–water partition coefficient (Wildman–Crippen LogP) is 0.467. The first kappa shape index (κ1) is 4.65. The minimum Gasteiger partial charge on any atom is -0.369 e. The van der Waals surface area contributed by atoms with Crippen LogP contribution in [0.3, 0.4) is 0 Å². The molecule has 0 aromatic rings. The largest absolute Gasteiger partial charge is 0.369 e. The molecule has 1 aliphatic heterocycles. The third kappa shape index (κ3) is 1.20. The summed E-state index contributed by atoms with van der Waals surface area (Å²) in [6.07, 6.45) is 1.98. The van der Waals surface area contributed by atoms with Crippen LogP contribution in [-0.2, 0) is 4.74 Å². The number of rotatable bonds is 0. The van der Waals surface area contributed by atoms with E-state index in [-0.39, 0.29) is 0 Å². The van der Waals surface area contributed by atoms with Gasteiger partial charge in [0.1, 0.15) is 6.73 Å². The van der Waals surface area contributed by atoms with Gasteiger partial charge < -0.3 is 10.1 Å². The lowest BCUT2D eigenvalue weighted by Crippen LogP contribution is -2.18. The Morgan fingerprint density at radius 2 is 2.71 bits per heavy atom. The number of ether oxygens (including phenoxy) is 1. The number of hydrogen-bond donors (Lipinski definition) is 1. The highest BCUT2D eigenvalue weighted by atomic mass is 16.5. The van der Waals surface area contributed by atoms with Gasteiger partial charge in [-0.15, -0.1) is 0 Å². The van der Waals surface area contributed by atoms with Gasteiger partial charge in [-0.1, -0.05) is 0 Å². The maximum atomic E-state index is 5.00. The number of nitrogens with one attached hydrogen (secondary N) is 1. The third-order valence-corrected chi connectivity index (χ3v) is 0.864. The summed E-state index contributed by atoms with van der Waals surface area (Å²) in [6, 6.07) is 0. The molecule has 1 heterocycles. The maximum Gasteiger partial charge on any atom is 0.116 e. The van der Waals surface area contributed by atoms with Crippen molar-refractivity contribution in [3.8, 4) is 0 Å². The average Bonchev–Trinajstić information content (AvgIpc) is 1.69. The molecule has 2 heteroatoms. The minimum absolute atomic E-state index is 0.664. The van der Waals surface area contributed by atoms with Gasteiger partial charge in [-0.05, 0) is 18.7 Å². The van der Waals surface area contributed by atoms with Crippen LogP contribution in [0.1, 0.15) is 6.92 Å². The van der Waals surface area contributed by atoms with Gasteiger partial charge in [0, 0.05) is 0 Å². The van der Waals surface area contributed by atoms with Crippen LogP contribution in [0.15, 0.2) is 11.8 Å². The van der Waals surface area contributed by atoms with Crippen LogP contribution >= 0.6 is 0 Å². The van der Waals surface area contributed by atoms with Crippen molar-refractivity contribution >= 4 is 0 Å². The van der Waals surface area contributed by atoms with Gasteiger partial charge in [-0.25, -0.2) is 0 Å². The molecule has 0 bridgehead atoms. The molecular weight excluding hydrogens is 90.1 g/mol. The highest BCUT2D eigenvalue weighted by Gasteiger charge is 1.93. The Morgan fingerprint density at radius 3 is 3.00 bits per heavy atom. The Bertz CT molecular complexity index is 88.1. The van der Waals surface area contributed by atoms with Crippen molar-refractivity contribution in [3.63, 3.8) is 0 Å². The summed E-state index contributed by atoms with van der Waals surface area (Å²) in [7, 11) is 0. The van der Waals surface area contributed by atoms with Crippen LogP contribution in [0.5, 0.6) is 0 Å². The van der Waals surface area contributed by atoms with E-state index in [1.165, 1.54) is 5.57 Å². The molecule has 0 aliphatic carbocycles. The molecule has 0 atom stereocenters.